The first-order valence-electron chi connectivity index (χ1n) is 3.13. The van der Waals surface area contributed by atoms with Crippen molar-refractivity contribution in [3.8, 4) is 0 Å². The van der Waals surface area contributed by atoms with Gasteiger partial charge in [0.25, 0.3) is 0 Å². The second kappa shape index (κ2) is 2.70. The van der Waals surface area contributed by atoms with E-state index in [-0.39, 0.29) is 5.76 Å². The molecule has 0 spiro atoms. The molecule has 4 heteroatoms. The second-order valence-electron chi connectivity index (χ2n) is 2.22. The second-order valence-corrected chi connectivity index (χ2v) is 2.22. The molecule has 0 aromatic heterocycles. The predicted octanol–water partition coefficient (Wildman–Crippen LogP) is -0.723. The molecule has 0 saturated heterocycles. The normalized spacial score (nSPS) is 19.2. The van der Waals surface area contributed by atoms with Crippen LogP contribution in [0.25, 0.3) is 0 Å². The number of amides is 1. The van der Waals surface area contributed by atoms with E-state index >= 15 is 0 Å². The minimum atomic E-state index is -0.515. The smallest absolute Gasteiger partial charge is 0.248 e. The quantitative estimate of drug-likeness (QED) is 0.452. The number of carbonyl (C=O) groups excluding carboxylic acids is 1. The molecule has 1 amide bonds. The number of hydrogen-bond donors (Lipinski definition) is 3. The molecule has 0 fully saturated rings. The van der Waals surface area contributed by atoms with Crippen LogP contribution in [-0.2, 0) is 4.79 Å². The lowest BCUT2D eigenvalue weighted by Gasteiger charge is -2.13. The summed E-state index contributed by atoms with van der Waals surface area (Å²) in [6.45, 7) is 1.07. The van der Waals surface area contributed by atoms with Gasteiger partial charge < -0.3 is 16.2 Å². The third-order valence-electron chi connectivity index (χ3n) is 1.49. The number of primary amides is 1. The maximum absolute atomic E-state index is 10.5. The summed E-state index contributed by atoms with van der Waals surface area (Å²) in [6.07, 6.45) is 0.529. The summed E-state index contributed by atoms with van der Waals surface area (Å²) in [5, 5.41) is 12.0. The number of aliphatic hydroxyl groups excluding tert-OH is 1. The van der Waals surface area contributed by atoms with Crippen LogP contribution in [-0.4, -0.2) is 24.1 Å². The number of nitrogens with one attached hydrogen (secondary N) is 1. The van der Waals surface area contributed by atoms with E-state index in [0.29, 0.717) is 25.1 Å². The number of carbonyl (C=O) groups is 1. The summed E-state index contributed by atoms with van der Waals surface area (Å²) in [6, 6.07) is 0. The molecular weight excluding hydrogens is 132 g/mol. The molecule has 1 rings (SSSR count). The fourth-order valence-corrected chi connectivity index (χ4v) is 0.937. The molecule has 4 N–H and O–H groups in total. The molecule has 0 saturated carbocycles. The fourth-order valence-electron chi connectivity index (χ4n) is 0.937. The average molecular weight is 142 g/mol. The Hall–Kier alpha value is -1.03. The summed E-state index contributed by atoms with van der Waals surface area (Å²) in [4.78, 5) is 10.5. The van der Waals surface area contributed by atoms with Gasteiger partial charge in [0.15, 0.2) is 0 Å². The summed E-state index contributed by atoms with van der Waals surface area (Å²) in [7, 11) is 0. The van der Waals surface area contributed by atoms with Gasteiger partial charge in [-0.1, -0.05) is 0 Å². The molecule has 1 aliphatic heterocycles. The van der Waals surface area contributed by atoms with Crippen LogP contribution in [0, 0.1) is 0 Å². The zero-order chi connectivity index (χ0) is 7.56. The highest BCUT2D eigenvalue weighted by atomic mass is 16.3. The van der Waals surface area contributed by atoms with Crippen molar-refractivity contribution in [2.45, 2.75) is 6.42 Å². The van der Waals surface area contributed by atoms with Crippen LogP contribution in [0.2, 0.25) is 0 Å². The lowest BCUT2D eigenvalue weighted by Crippen LogP contribution is -2.30. The largest absolute Gasteiger partial charge is 0.510 e. The Balaban J connectivity index is 2.78. The molecule has 0 unspecified atom stereocenters. The van der Waals surface area contributed by atoms with Gasteiger partial charge in [-0.05, 0) is 13.0 Å². The van der Waals surface area contributed by atoms with Crippen LogP contribution in [0.5, 0.6) is 0 Å². The highest BCUT2D eigenvalue weighted by Crippen LogP contribution is 2.08. The Labute approximate surface area is 58.7 Å². The predicted molar refractivity (Wildman–Crippen MR) is 36.3 cm³/mol. The van der Waals surface area contributed by atoms with Crippen LogP contribution in [0.3, 0.4) is 0 Å². The van der Waals surface area contributed by atoms with E-state index in [2.05, 4.69) is 5.32 Å². The number of hydrogen-bond acceptors (Lipinski definition) is 3. The molecule has 0 aliphatic carbocycles. The maximum Gasteiger partial charge on any atom is 0.248 e. The minimum Gasteiger partial charge on any atom is -0.510 e. The molecule has 0 radical (unpaired) electrons. The zero-order valence-electron chi connectivity index (χ0n) is 5.55. The van der Waals surface area contributed by atoms with Gasteiger partial charge in [-0.15, -0.1) is 0 Å². The summed E-state index contributed by atoms with van der Waals surface area (Å²) in [5.74, 6) is -0.433. The van der Waals surface area contributed by atoms with Gasteiger partial charge in [0.1, 0.15) is 5.76 Å². The Kier molecular flexibility index (Phi) is 1.91. The van der Waals surface area contributed by atoms with Crippen molar-refractivity contribution in [2.75, 3.05) is 13.1 Å². The molecule has 0 bridgehead atoms. The Morgan fingerprint density at radius 3 is 2.80 bits per heavy atom. The van der Waals surface area contributed by atoms with Crippen molar-refractivity contribution >= 4 is 5.91 Å². The number of aliphatic hydroxyl groups is 1. The van der Waals surface area contributed by atoms with E-state index in [1.807, 2.05) is 0 Å². The van der Waals surface area contributed by atoms with Crippen molar-refractivity contribution in [2.24, 2.45) is 5.73 Å². The third-order valence-corrected chi connectivity index (χ3v) is 1.49. The van der Waals surface area contributed by atoms with Crippen LogP contribution in [0.1, 0.15) is 6.42 Å². The zero-order valence-corrected chi connectivity index (χ0v) is 5.55. The first-order valence-corrected chi connectivity index (χ1v) is 3.13. The first-order chi connectivity index (χ1) is 4.72. The molecule has 0 atom stereocenters. The monoisotopic (exact) mass is 142 g/mol. The van der Waals surface area contributed by atoms with Crippen LogP contribution in [0.4, 0.5) is 0 Å². The molecule has 56 valence electrons. The fraction of sp³-hybridized carbons (Fsp3) is 0.500. The summed E-state index contributed by atoms with van der Waals surface area (Å²) < 4.78 is 0. The highest BCUT2D eigenvalue weighted by molar-refractivity contribution is 5.92. The van der Waals surface area contributed by atoms with Crippen molar-refractivity contribution in [1.82, 2.24) is 5.32 Å². The van der Waals surface area contributed by atoms with E-state index < -0.39 is 5.91 Å². The number of rotatable bonds is 1. The Bertz CT molecular complexity index is 186. The average Bonchev–Trinajstić information content (AvgIpc) is 1.88. The van der Waals surface area contributed by atoms with Crippen molar-refractivity contribution in [3.63, 3.8) is 0 Å². The van der Waals surface area contributed by atoms with Gasteiger partial charge in [0.2, 0.25) is 5.91 Å². The van der Waals surface area contributed by atoms with Crippen LogP contribution >= 0.6 is 0 Å². The van der Waals surface area contributed by atoms with E-state index in [9.17, 15) is 4.79 Å². The molecular formula is C6H10N2O2. The van der Waals surface area contributed by atoms with E-state index in [1.165, 1.54) is 0 Å². The van der Waals surface area contributed by atoms with Gasteiger partial charge in [0.05, 0.1) is 12.1 Å². The molecule has 10 heavy (non-hydrogen) atoms. The lowest BCUT2D eigenvalue weighted by molar-refractivity contribution is -0.115. The van der Waals surface area contributed by atoms with Gasteiger partial charge in [-0.2, -0.15) is 0 Å². The van der Waals surface area contributed by atoms with Gasteiger partial charge in [-0.25, -0.2) is 0 Å². The SMILES string of the molecule is NC(=O)C1=C(O)CNCC1. The molecule has 1 heterocycles. The van der Waals surface area contributed by atoms with Crippen molar-refractivity contribution in [1.29, 1.82) is 0 Å². The van der Waals surface area contributed by atoms with Crippen molar-refractivity contribution < 1.29 is 9.90 Å². The minimum absolute atomic E-state index is 0.0822. The maximum atomic E-state index is 10.5. The van der Waals surface area contributed by atoms with E-state index in [4.69, 9.17) is 10.8 Å². The molecule has 4 nitrogen and oxygen atoms in total. The van der Waals surface area contributed by atoms with Gasteiger partial charge in [0, 0.05) is 0 Å². The molecule has 0 aromatic rings. The van der Waals surface area contributed by atoms with E-state index in [1.54, 1.807) is 0 Å². The summed E-state index contributed by atoms with van der Waals surface area (Å²) >= 11 is 0. The standard InChI is InChI=1S/C6H10N2O2/c7-6(10)4-1-2-8-3-5(4)9/h8-9H,1-3H2,(H2,7,10). The van der Waals surface area contributed by atoms with Gasteiger partial charge >= 0.3 is 0 Å². The van der Waals surface area contributed by atoms with Crippen LogP contribution in [0.15, 0.2) is 11.3 Å². The Morgan fingerprint density at radius 2 is 2.40 bits per heavy atom. The van der Waals surface area contributed by atoms with Crippen molar-refractivity contribution in [3.05, 3.63) is 11.3 Å². The summed E-state index contributed by atoms with van der Waals surface area (Å²) in [5.41, 5.74) is 5.33. The van der Waals surface area contributed by atoms with Crippen LogP contribution < -0.4 is 11.1 Å². The van der Waals surface area contributed by atoms with E-state index in [0.717, 1.165) is 0 Å². The number of nitrogens with two attached hydrogens (primary N) is 1. The first kappa shape index (κ1) is 7.08. The topological polar surface area (TPSA) is 75.4 Å². The lowest BCUT2D eigenvalue weighted by atomic mass is 10.1. The Morgan fingerprint density at radius 1 is 1.70 bits per heavy atom. The molecule has 0 aromatic carbocycles. The highest BCUT2D eigenvalue weighted by Gasteiger charge is 2.14. The molecule has 1 aliphatic rings. The third kappa shape index (κ3) is 1.27. The van der Waals surface area contributed by atoms with Gasteiger partial charge in [-0.3, -0.25) is 4.79 Å².